The van der Waals surface area contributed by atoms with Crippen LogP contribution in [-0.4, -0.2) is 52.3 Å². The van der Waals surface area contributed by atoms with Crippen molar-refractivity contribution in [2.45, 2.75) is 12.8 Å². The highest BCUT2D eigenvalue weighted by Gasteiger charge is 2.15. The van der Waals surface area contributed by atoms with Crippen molar-refractivity contribution in [1.82, 2.24) is 19.6 Å². The smallest absolute Gasteiger partial charge is 0.292 e. The molecule has 2 amide bonds. The Balaban J connectivity index is 1.35. The molecule has 0 unspecified atom stereocenters. The summed E-state index contributed by atoms with van der Waals surface area (Å²) < 4.78 is 15.1. The highest BCUT2D eigenvalue weighted by atomic mass is 19.1. The van der Waals surface area contributed by atoms with Gasteiger partial charge in [-0.2, -0.15) is 0 Å². The Morgan fingerprint density at radius 2 is 1.83 bits per heavy atom. The van der Waals surface area contributed by atoms with Crippen LogP contribution >= 0.6 is 0 Å². The number of nitrogens with zero attached hydrogens (tertiary/aromatic N) is 3. The second-order valence-electron chi connectivity index (χ2n) is 7.03. The number of likely N-dealkylation sites (tertiary alicyclic amines) is 1. The van der Waals surface area contributed by atoms with E-state index in [0.717, 1.165) is 19.6 Å². The minimum Gasteiger partial charge on any atom is -0.351 e. The van der Waals surface area contributed by atoms with Crippen molar-refractivity contribution < 1.29 is 14.0 Å². The highest BCUT2D eigenvalue weighted by Crippen LogP contribution is 2.14. The van der Waals surface area contributed by atoms with Crippen LogP contribution in [0.25, 0.3) is 5.52 Å². The molecule has 1 aliphatic rings. The molecule has 2 aromatic heterocycles. The number of amides is 2. The predicted molar refractivity (Wildman–Crippen MR) is 108 cm³/mol. The number of fused-ring (bicyclic) bond motifs is 1. The van der Waals surface area contributed by atoms with E-state index in [1.54, 1.807) is 30.5 Å². The summed E-state index contributed by atoms with van der Waals surface area (Å²) in [6, 6.07) is 9.45. The van der Waals surface area contributed by atoms with Gasteiger partial charge in [0, 0.05) is 30.5 Å². The Morgan fingerprint density at radius 1 is 1.07 bits per heavy atom. The number of carbonyl (C=O) groups is 2. The molecule has 1 aromatic carbocycles. The van der Waals surface area contributed by atoms with E-state index in [1.807, 2.05) is 0 Å². The largest absolute Gasteiger partial charge is 0.351 e. The molecule has 1 saturated heterocycles. The van der Waals surface area contributed by atoms with Crippen LogP contribution in [0.2, 0.25) is 0 Å². The lowest BCUT2D eigenvalue weighted by Gasteiger charge is -2.14. The first kappa shape index (κ1) is 19.1. The van der Waals surface area contributed by atoms with Crippen LogP contribution in [0.1, 0.15) is 33.8 Å². The first-order valence-corrected chi connectivity index (χ1v) is 9.65. The van der Waals surface area contributed by atoms with Gasteiger partial charge in [-0.15, -0.1) is 0 Å². The first-order valence-electron chi connectivity index (χ1n) is 9.65. The number of imidazole rings is 1. The maximum absolute atomic E-state index is 13.8. The van der Waals surface area contributed by atoms with Gasteiger partial charge in [0.1, 0.15) is 11.3 Å². The van der Waals surface area contributed by atoms with Gasteiger partial charge in [0.2, 0.25) is 5.82 Å². The van der Waals surface area contributed by atoms with Gasteiger partial charge >= 0.3 is 0 Å². The molecular formula is C21H22FN5O2. The molecule has 0 bridgehead atoms. The van der Waals surface area contributed by atoms with Gasteiger partial charge in [-0.1, -0.05) is 0 Å². The lowest BCUT2D eigenvalue weighted by molar-refractivity contribution is 0.0949. The Bertz CT molecular complexity index is 1030. The number of pyridine rings is 1. The van der Waals surface area contributed by atoms with E-state index in [2.05, 4.69) is 20.5 Å². The van der Waals surface area contributed by atoms with E-state index in [0.29, 0.717) is 17.8 Å². The molecule has 3 aromatic rings. The summed E-state index contributed by atoms with van der Waals surface area (Å²) in [5, 5.41) is 5.64. The molecule has 2 N–H and O–H groups in total. The minimum absolute atomic E-state index is 0.0863. The van der Waals surface area contributed by atoms with Crippen molar-refractivity contribution in [1.29, 1.82) is 0 Å². The third-order valence-electron chi connectivity index (χ3n) is 5.04. The zero-order valence-corrected chi connectivity index (χ0v) is 15.9. The molecule has 29 heavy (non-hydrogen) atoms. The Kier molecular flexibility index (Phi) is 5.53. The molecule has 4 rings (SSSR count). The molecule has 1 fully saturated rings. The lowest BCUT2D eigenvalue weighted by atomic mass is 10.2. The third-order valence-corrected chi connectivity index (χ3v) is 5.04. The maximum atomic E-state index is 13.8. The number of aromatic nitrogens is 2. The van der Waals surface area contributed by atoms with Gasteiger partial charge < -0.3 is 15.5 Å². The first-order chi connectivity index (χ1) is 14.1. The highest BCUT2D eigenvalue weighted by molar-refractivity contribution is 6.02. The molecule has 1 aliphatic heterocycles. The van der Waals surface area contributed by atoms with Crippen molar-refractivity contribution in [3.8, 4) is 0 Å². The van der Waals surface area contributed by atoms with Gasteiger partial charge in [0.05, 0.1) is 6.20 Å². The number of nitrogens with one attached hydrogen (secondary N) is 2. The second-order valence-corrected chi connectivity index (χ2v) is 7.03. The predicted octanol–water partition coefficient (Wildman–Crippen LogP) is 2.55. The van der Waals surface area contributed by atoms with Crippen LogP contribution in [0.4, 0.5) is 10.1 Å². The number of carbonyl (C=O) groups excluding carboxylic acids is 2. The summed E-state index contributed by atoms with van der Waals surface area (Å²) in [7, 11) is 0. The monoisotopic (exact) mass is 395 g/mol. The quantitative estimate of drug-likeness (QED) is 0.672. The fourth-order valence-corrected chi connectivity index (χ4v) is 3.48. The summed E-state index contributed by atoms with van der Waals surface area (Å²) in [5.74, 6) is -0.961. The summed E-state index contributed by atoms with van der Waals surface area (Å²) in [6.45, 7) is 3.67. The van der Waals surface area contributed by atoms with E-state index in [1.165, 1.54) is 35.6 Å². The molecule has 0 spiro atoms. The van der Waals surface area contributed by atoms with Gasteiger partial charge in [-0.05, 0) is 62.3 Å². The molecule has 7 nitrogen and oxygen atoms in total. The van der Waals surface area contributed by atoms with E-state index < -0.39 is 11.7 Å². The number of benzene rings is 1. The van der Waals surface area contributed by atoms with Crippen molar-refractivity contribution in [2.75, 3.05) is 31.5 Å². The van der Waals surface area contributed by atoms with Gasteiger partial charge in [0.25, 0.3) is 11.8 Å². The Morgan fingerprint density at radius 3 is 2.59 bits per heavy atom. The van der Waals surface area contributed by atoms with E-state index in [9.17, 15) is 14.0 Å². The summed E-state index contributed by atoms with van der Waals surface area (Å²) in [4.78, 5) is 31.1. The fourth-order valence-electron chi connectivity index (χ4n) is 3.48. The summed E-state index contributed by atoms with van der Waals surface area (Å²) in [5.41, 5.74) is 1.29. The number of anilines is 1. The molecule has 0 saturated carbocycles. The van der Waals surface area contributed by atoms with Gasteiger partial charge in [0.15, 0.2) is 0 Å². The fraction of sp³-hybridized carbons (Fsp3) is 0.286. The normalized spacial score (nSPS) is 14.2. The molecule has 150 valence electrons. The number of rotatable bonds is 6. The van der Waals surface area contributed by atoms with Crippen LogP contribution < -0.4 is 10.6 Å². The molecular weight excluding hydrogens is 373 g/mol. The van der Waals surface area contributed by atoms with Crippen molar-refractivity contribution in [3.63, 3.8) is 0 Å². The Labute approximate surface area is 167 Å². The average Bonchev–Trinajstić information content (AvgIpc) is 3.39. The van der Waals surface area contributed by atoms with Gasteiger partial charge in [-0.3, -0.25) is 14.0 Å². The topological polar surface area (TPSA) is 78.7 Å². The molecule has 8 heteroatoms. The second kappa shape index (κ2) is 8.40. The van der Waals surface area contributed by atoms with E-state index in [-0.39, 0.29) is 17.2 Å². The molecule has 0 aliphatic carbocycles. The van der Waals surface area contributed by atoms with E-state index >= 15 is 0 Å². The number of halogens is 1. The third kappa shape index (κ3) is 4.27. The minimum atomic E-state index is -0.460. The van der Waals surface area contributed by atoms with Crippen molar-refractivity contribution in [2.24, 2.45) is 0 Å². The van der Waals surface area contributed by atoms with Crippen LogP contribution in [-0.2, 0) is 0 Å². The summed E-state index contributed by atoms with van der Waals surface area (Å²) in [6.07, 6.45) is 5.35. The number of hydrogen-bond donors (Lipinski definition) is 2. The van der Waals surface area contributed by atoms with Crippen molar-refractivity contribution >= 4 is 23.0 Å². The standard InChI is InChI=1S/C21H22FN5O2/c22-17-4-3-12-27-18(17)14-24-19(27)21(29)25-16-7-5-15(6-8-16)20(28)23-9-13-26-10-1-2-11-26/h3-8,12,14H,1-2,9-11,13H2,(H,23,28)(H,25,29). The number of hydrogen-bond acceptors (Lipinski definition) is 4. The zero-order chi connectivity index (χ0) is 20.2. The SMILES string of the molecule is O=C(NCCN1CCCC1)c1ccc(NC(=O)c2ncc3c(F)cccn23)cc1. The van der Waals surface area contributed by atoms with Crippen LogP contribution in [0, 0.1) is 5.82 Å². The van der Waals surface area contributed by atoms with Gasteiger partial charge in [-0.25, -0.2) is 9.37 Å². The average molecular weight is 395 g/mol. The summed E-state index contributed by atoms with van der Waals surface area (Å²) >= 11 is 0. The molecule has 0 radical (unpaired) electrons. The van der Waals surface area contributed by atoms with Crippen LogP contribution in [0.15, 0.2) is 48.8 Å². The Hall–Kier alpha value is -3.26. The maximum Gasteiger partial charge on any atom is 0.292 e. The van der Waals surface area contributed by atoms with Crippen LogP contribution in [0.5, 0.6) is 0 Å². The van der Waals surface area contributed by atoms with E-state index in [4.69, 9.17) is 0 Å². The zero-order valence-electron chi connectivity index (χ0n) is 15.9. The molecule has 0 atom stereocenters. The van der Waals surface area contributed by atoms with Crippen molar-refractivity contribution in [3.05, 3.63) is 66.0 Å². The molecule has 3 heterocycles. The van der Waals surface area contributed by atoms with Crippen LogP contribution in [0.3, 0.4) is 0 Å². The lowest BCUT2D eigenvalue weighted by Crippen LogP contribution is -2.33.